The molecule has 34 heavy (non-hydrogen) atoms. The Morgan fingerprint density at radius 1 is 1.15 bits per heavy atom. The number of hydrogen-bond acceptors (Lipinski definition) is 6. The molecular formula is C25H36Cl2N4O3. The van der Waals surface area contributed by atoms with Crippen LogP contribution in [0.1, 0.15) is 56.1 Å². The number of para-hydroxylation sites is 1. The molecule has 1 aliphatic heterocycles. The van der Waals surface area contributed by atoms with E-state index in [-0.39, 0.29) is 55.4 Å². The maximum absolute atomic E-state index is 13.5. The number of halogens is 2. The lowest BCUT2D eigenvalue weighted by Gasteiger charge is -2.33. The van der Waals surface area contributed by atoms with E-state index in [9.17, 15) is 9.59 Å². The predicted octanol–water partition coefficient (Wildman–Crippen LogP) is 4.22. The van der Waals surface area contributed by atoms with Crippen molar-refractivity contribution in [2.24, 2.45) is 18.7 Å². The second kappa shape index (κ2) is 11.0. The molecule has 4 rings (SSSR count). The van der Waals surface area contributed by atoms with Crippen molar-refractivity contribution in [2.45, 2.75) is 58.2 Å². The second-order valence-electron chi connectivity index (χ2n) is 9.06. The zero-order valence-corrected chi connectivity index (χ0v) is 22.0. The third-order valence-corrected chi connectivity index (χ3v) is 7.43. The topological polar surface area (TPSA) is 80.8 Å². The summed E-state index contributed by atoms with van der Waals surface area (Å²) in [6, 6.07) is 8.14. The number of carbonyl (C=O) groups excluding carboxylic acids is 2. The number of nitrogens with two attached hydrogens (primary N) is 1. The van der Waals surface area contributed by atoms with Crippen LogP contribution in [0.15, 0.2) is 36.7 Å². The van der Waals surface area contributed by atoms with Crippen LogP contribution in [0, 0.1) is 5.92 Å². The van der Waals surface area contributed by atoms with E-state index in [0.29, 0.717) is 19.4 Å². The van der Waals surface area contributed by atoms with Gasteiger partial charge in [0.15, 0.2) is 12.5 Å². The van der Waals surface area contributed by atoms with Crippen LogP contribution in [0.2, 0.25) is 0 Å². The standard InChI is InChI=1S/C25H34N4O3.2ClH/c1-5-25(26,6-2)24(31)32-16-29-14-13-28(17(29)3)15-18-11-12-21-22(23(18)30)19-9-7-8-10-20(19)27(21)4;;/h7-10,13-14,17-18H,5-6,11-12,15-16,26H2,1-4H3;2*1H. The summed E-state index contributed by atoms with van der Waals surface area (Å²) in [6.45, 7) is 6.65. The first-order chi connectivity index (χ1) is 15.3. The first-order valence-corrected chi connectivity index (χ1v) is 11.6. The minimum absolute atomic E-state index is 0. The second-order valence-corrected chi connectivity index (χ2v) is 9.06. The average Bonchev–Trinajstić information content (AvgIpc) is 3.31. The third kappa shape index (κ3) is 4.79. The molecule has 0 radical (unpaired) electrons. The molecule has 9 heteroatoms. The molecule has 2 N–H and O–H groups in total. The molecular weight excluding hydrogens is 475 g/mol. The van der Waals surface area contributed by atoms with Gasteiger partial charge in [-0.15, -0.1) is 24.8 Å². The number of benzene rings is 1. The number of fused-ring (bicyclic) bond motifs is 3. The summed E-state index contributed by atoms with van der Waals surface area (Å²) in [5, 5.41) is 1.05. The number of Topliss-reactive ketones (excluding diaryl/α,β-unsaturated/α-hetero) is 1. The molecule has 0 saturated heterocycles. The first kappa shape index (κ1) is 28.0. The van der Waals surface area contributed by atoms with Crippen molar-refractivity contribution < 1.29 is 14.3 Å². The van der Waals surface area contributed by atoms with Gasteiger partial charge < -0.3 is 24.8 Å². The number of esters is 1. The van der Waals surface area contributed by atoms with Gasteiger partial charge in [-0.25, -0.2) is 4.79 Å². The molecule has 1 aliphatic carbocycles. The molecule has 2 aromatic rings. The minimum atomic E-state index is -0.933. The molecule has 0 amide bonds. The zero-order chi connectivity index (χ0) is 23.0. The molecule has 1 aromatic heterocycles. The lowest BCUT2D eigenvalue weighted by atomic mass is 9.84. The van der Waals surface area contributed by atoms with E-state index in [0.717, 1.165) is 35.0 Å². The van der Waals surface area contributed by atoms with Crippen molar-refractivity contribution in [3.8, 4) is 0 Å². The Hall–Kier alpha value is -2.22. The Morgan fingerprint density at radius 3 is 2.47 bits per heavy atom. The van der Waals surface area contributed by atoms with Gasteiger partial charge >= 0.3 is 5.97 Å². The van der Waals surface area contributed by atoms with E-state index in [1.807, 2.05) is 56.4 Å². The fourth-order valence-electron chi connectivity index (χ4n) is 4.88. The molecule has 2 heterocycles. The highest BCUT2D eigenvalue weighted by atomic mass is 35.5. The molecule has 2 aliphatic rings. The number of rotatable bonds is 7. The summed E-state index contributed by atoms with van der Waals surface area (Å²) in [4.78, 5) is 30.0. The van der Waals surface area contributed by atoms with Gasteiger partial charge in [-0.05, 0) is 38.7 Å². The largest absolute Gasteiger partial charge is 0.443 e. The molecule has 0 saturated carbocycles. The summed E-state index contributed by atoms with van der Waals surface area (Å²) in [5.74, 6) is -0.195. The number of nitrogens with zero attached hydrogens (tertiary/aromatic N) is 3. The van der Waals surface area contributed by atoms with Gasteiger partial charge in [-0.3, -0.25) is 4.79 Å². The van der Waals surface area contributed by atoms with E-state index in [2.05, 4.69) is 22.5 Å². The highest BCUT2D eigenvalue weighted by Crippen LogP contribution is 2.34. The van der Waals surface area contributed by atoms with Gasteiger partial charge in [0.1, 0.15) is 11.7 Å². The summed E-state index contributed by atoms with van der Waals surface area (Å²) < 4.78 is 7.68. The van der Waals surface area contributed by atoms with E-state index >= 15 is 0 Å². The van der Waals surface area contributed by atoms with Crippen molar-refractivity contribution in [3.63, 3.8) is 0 Å². The highest BCUT2D eigenvalue weighted by Gasteiger charge is 2.36. The number of ketones is 1. The summed E-state index contributed by atoms with van der Waals surface area (Å²) >= 11 is 0. The van der Waals surface area contributed by atoms with Crippen LogP contribution in [0.5, 0.6) is 0 Å². The van der Waals surface area contributed by atoms with Crippen molar-refractivity contribution >= 4 is 47.5 Å². The van der Waals surface area contributed by atoms with Gasteiger partial charge in [-0.1, -0.05) is 32.0 Å². The van der Waals surface area contributed by atoms with E-state index in [4.69, 9.17) is 10.5 Å². The fraction of sp³-hybridized carbons (Fsp3) is 0.520. The molecule has 7 nitrogen and oxygen atoms in total. The van der Waals surface area contributed by atoms with Crippen LogP contribution in [-0.2, 0) is 23.0 Å². The van der Waals surface area contributed by atoms with E-state index in [1.54, 1.807) is 0 Å². The Kier molecular flexibility index (Phi) is 9.08. The van der Waals surface area contributed by atoms with E-state index in [1.165, 1.54) is 0 Å². The van der Waals surface area contributed by atoms with Gasteiger partial charge in [0.25, 0.3) is 0 Å². The fourth-order valence-corrected chi connectivity index (χ4v) is 4.88. The average molecular weight is 511 g/mol. The van der Waals surface area contributed by atoms with E-state index < -0.39 is 5.54 Å². The predicted molar refractivity (Wildman–Crippen MR) is 139 cm³/mol. The molecule has 2 unspecified atom stereocenters. The lowest BCUT2D eigenvalue weighted by molar-refractivity contribution is -0.155. The maximum Gasteiger partial charge on any atom is 0.327 e. The molecule has 0 fully saturated rings. The normalized spacial score (nSPS) is 19.6. The number of ether oxygens (including phenoxy) is 1. The monoisotopic (exact) mass is 510 g/mol. The van der Waals surface area contributed by atoms with Crippen LogP contribution in [-0.4, -0.2) is 51.1 Å². The molecule has 188 valence electrons. The first-order valence-electron chi connectivity index (χ1n) is 11.6. The van der Waals surface area contributed by atoms with Gasteiger partial charge in [0.05, 0.1) is 0 Å². The van der Waals surface area contributed by atoms with Crippen LogP contribution in [0.3, 0.4) is 0 Å². The Bertz CT molecular complexity index is 1060. The molecule has 1 aromatic carbocycles. The minimum Gasteiger partial charge on any atom is -0.443 e. The number of carbonyl (C=O) groups is 2. The smallest absolute Gasteiger partial charge is 0.327 e. The Morgan fingerprint density at radius 2 is 1.79 bits per heavy atom. The highest BCUT2D eigenvalue weighted by molar-refractivity contribution is 6.11. The molecule has 0 bridgehead atoms. The van der Waals surface area contributed by atoms with Crippen molar-refractivity contribution in [1.29, 1.82) is 0 Å². The Balaban J connectivity index is 0.00000204. The Labute approximate surface area is 214 Å². The van der Waals surface area contributed by atoms with Gasteiger partial charge in [0.2, 0.25) is 0 Å². The van der Waals surface area contributed by atoms with Crippen LogP contribution in [0.4, 0.5) is 0 Å². The summed E-state index contributed by atoms with van der Waals surface area (Å²) in [6.07, 6.45) is 6.73. The third-order valence-electron chi connectivity index (χ3n) is 7.43. The van der Waals surface area contributed by atoms with Crippen LogP contribution >= 0.6 is 24.8 Å². The van der Waals surface area contributed by atoms with Crippen molar-refractivity contribution in [1.82, 2.24) is 14.4 Å². The maximum atomic E-state index is 13.5. The number of aromatic nitrogens is 1. The van der Waals surface area contributed by atoms with Crippen LogP contribution < -0.4 is 5.73 Å². The lowest BCUT2D eigenvalue weighted by Crippen LogP contribution is -2.49. The number of hydrogen-bond donors (Lipinski definition) is 1. The zero-order valence-electron chi connectivity index (χ0n) is 20.3. The quantitative estimate of drug-likeness (QED) is 0.561. The van der Waals surface area contributed by atoms with Gasteiger partial charge in [-0.2, -0.15) is 0 Å². The SMILES string of the molecule is CCC(N)(CC)C(=O)OCN1C=CN(CC2CCc3c(c4ccccc4n3C)C2=O)C1C.Cl.Cl. The van der Waals surface area contributed by atoms with Gasteiger partial charge in [0, 0.05) is 54.1 Å². The summed E-state index contributed by atoms with van der Waals surface area (Å²) in [7, 11) is 2.05. The van der Waals surface area contributed by atoms with Crippen molar-refractivity contribution in [3.05, 3.63) is 47.9 Å². The van der Waals surface area contributed by atoms with Crippen molar-refractivity contribution in [2.75, 3.05) is 13.3 Å². The molecule has 2 atom stereocenters. The number of aryl methyl sites for hydroxylation is 1. The molecule has 0 spiro atoms. The van der Waals surface area contributed by atoms with Crippen LogP contribution in [0.25, 0.3) is 10.9 Å². The summed E-state index contributed by atoms with van der Waals surface area (Å²) in [5.41, 5.74) is 8.36.